The highest BCUT2D eigenvalue weighted by molar-refractivity contribution is 9.10. The van der Waals surface area contributed by atoms with Gasteiger partial charge in [0.05, 0.1) is 4.83 Å². The van der Waals surface area contributed by atoms with Crippen LogP contribution >= 0.6 is 43.5 Å². The molecule has 0 radical (unpaired) electrons. The number of benzene rings is 1. The first-order chi connectivity index (χ1) is 6.56. The Morgan fingerprint density at radius 2 is 2.21 bits per heavy atom. The molecule has 0 spiro atoms. The third-order valence-electron chi connectivity index (χ3n) is 1.81. The number of ketones is 1. The van der Waals surface area contributed by atoms with Crippen LogP contribution in [0.3, 0.4) is 0 Å². The minimum atomic E-state index is -0.177. The van der Waals surface area contributed by atoms with E-state index >= 15 is 0 Å². The number of halogens is 3. The summed E-state index contributed by atoms with van der Waals surface area (Å²) in [6.45, 7) is 1.81. The van der Waals surface area contributed by atoms with Crippen molar-refractivity contribution in [3.05, 3.63) is 33.8 Å². The molecule has 0 saturated carbocycles. The first-order valence-corrected chi connectivity index (χ1v) is 6.33. The monoisotopic (exact) mass is 338 g/mol. The summed E-state index contributed by atoms with van der Waals surface area (Å²) in [4.78, 5) is 11.5. The Hall–Kier alpha value is 0.140. The fraction of sp³-hybridized carbons (Fsp3) is 0.300. The Morgan fingerprint density at radius 1 is 1.57 bits per heavy atom. The minimum absolute atomic E-state index is 0.0591. The Morgan fingerprint density at radius 3 is 2.71 bits per heavy atom. The number of carbonyl (C=O) groups excluding carboxylic acids is 1. The van der Waals surface area contributed by atoms with Gasteiger partial charge in [-0.15, -0.1) is 11.6 Å². The second kappa shape index (κ2) is 5.29. The van der Waals surface area contributed by atoms with Gasteiger partial charge in [0.2, 0.25) is 0 Å². The van der Waals surface area contributed by atoms with Gasteiger partial charge in [-0.25, -0.2) is 0 Å². The number of rotatable bonds is 3. The number of carbonyl (C=O) groups is 1. The van der Waals surface area contributed by atoms with E-state index in [0.29, 0.717) is 11.4 Å². The van der Waals surface area contributed by atoms with Crippen molar-refractivity contribution in [2.24, 2.45) is 0 Å². The molecule has 1 aromatic carbocycles. The van der Waals surface area contributed by atoms with E-state index in [2.05, 4.69) is 31.9 Å². The maximum atomic E-state index is 11.7. The molecule has 4 heteroatoms. The highest BCUT2D eigenvalue weighted by Crippen LogP contribution is 2.22. The van der Waals surface area contributed by atoms with E-state index in [1.807, 2.05) is 25.1 Å². The fourth-order valence-electron chi connectivity index (χ4n) is 1.06. The van der Waals surface area contributed by atoms with E-state index in [4.69, 9.17) is 11.6 Å². The smallest absolute Gasteiger partial charge is 0.177 e. The van der Waals surface area contributed by atoms with Crippen LogP contribution in [0.25, 0.3) is 0 Å². The van der Waals surface area contributed by atoms with Crippen LogP contribution in [0.1, 0.15) is 22.8 Å². The van der Waals surface area contributed by atoms with Crippen molar-refractivity contribution in [2.45, 2.75) is 17.6 Å². The minimum Gasteiger partial charge on any atom is -0.293 e. The first-order valence-electron chi connectivity index (χ1n) is 4.09. The zero-order valence-corrected chi connectivity index (χ0v) is 11.5. The van der Waals surface area contributed by atoms with E-state index in [1.165, 1.54) is 0 Å². The zero-order chi connectivity index (χ0) is 10.7. The van der Waals surface area contributed by atoms with Crippen molar-refractivity contribution in [1.82, 2.24) is 0 Å². The van der Waals surface area contributed by atoms with Crippen LogP contribution in [0.15, 0.2) is 22.7 Å². The SMILES string of the molecule is CC(Br)C(=O)c1cc(CCl)ccc1Br. The molecule has 0 aliphatic heterocycles. The van der Waals surface area contributed by atoms with E-state index in [9.17, 15) is 4.79 Å². The average Bonchev–Trinajstić information content (AvgIpc) is 2.17. The van der Waals surface area contributed by atoms with Crippen LogP contribution in [0.4, 0.5) is 0 Å². The predicted molar refractivity (Wildman–Crippen MR) is 66.4 cm³/mol. The normalized spacial score (nSPS) is 12.6. The van der Waals surface area contributed by atoms with Crippen LogP contribution in [0.2, 0.25) is 0 Å². The number of alkyl halides is 2. The topological polar surface area (TPSA) is 17.1 Å². The van der Waals surface area contributed by atoms with Crippen LogP contribution in [-0.2, 0) is 5.88 Å². The Balaban J connectivity index is 3.12. The van der Waals surface area contributed by atoms with Gasteiger partial charge in [0.15, 0.2) is 5.78 Å². The summed E-state index contributed by atoms with van der Waals surface area (Å²) in [5.41, 5.74) is 1.62. The van der Waals surface area contributed by atoms with Crippen LogP contribution in [-0.4, -0.2) is 10.6 Å². The molecule has 1 aromatic rings. The molecule has 1 rings (SSSR count). The van der Waals surface area contributed by atoms with Crippen molar-refractivity contribution in [1.29, 1.82) is 0 Å². The number of hydrogen-bond donors (Lipinski definition) is 0. The van der Waals surface area contributed by atoms with Crippen LogP contribution in [0.5, 0.6) is 0 Å². The van der Waals surface area contributed by atoms with Gasteiger partial charge in [-0.1, -0.05) is 37.9 Å². The van der Waals surface area contributed by atoms with Gasteiger partial charge in [-0.2, -0.15) is 0 Å². The second-order valence-electron chi connectivity index (χ2n) is 2.93. The predicted octanol–water partition coefficient (Wildman–Crippen LogP) is 4.15. The molecule has 0 aromatic heterocycles. The first kappa shape index (κ1) is 12.2. The summed E-state index contributed by atoms with van der Waals surface area (Å²) in [5.74, 6) is 0.480. The maximum Gasteiger partial charge on any atom is 0.177 e. The average molecular weight is 340 g/mol. The Bertz CT molecular complexity index is 350. The Kier molecular flexibility index (Phi) is 4.61. The summed E-state index contributed by atoms with van der Waals surface area (Å²) >= 11 is 12.3. The standard InChI is InChI=1S/C10H9Br2ClO/c1-6(11)10(14)8-4-7(5-13)2-3-9(8)12/h2-4,6H,5H2,1H3. The third kappa shape index (κ3) is 2.81. The lowest BCUT2D eigenvalue weighted by Gasteiger charge is -2.06. The van der Waals surface area contributed by atoms with E-state index in [1.54, 1.807) is 0 Å². The van der Waals surface area contributed by atoms with Crippen molar-refractivity contribution < 1.29 is 4.79 Å². The fourth-order valence-corrected chi connectivity index (χ4v) is 1.91. The lowest BCUT2D eigenvalue weighted by atomic mass is 10.1. The molecule has 1 nitrogen and oxygen atoms in total. The molecule has 1 atom stereocenters. The van der Waals surface area contributed by atoms with Crippen molar-refractivity contribution in [3.8, 4) is 0 Å². The largest absolute Gasteiger partial charge is 0.293 e. The lowest BCUT2D eigenvalue weighted by molar-refractivity contribution is 0.0995. The van der Waals surface area contributed by atoms with Crippen molar-refractivity contribution >= 4 is 49.2 Å². The van der Waals surface area contributed by atoms with Gasteiger partial charge >= 0.3 is 0 Å². The van der Waals surface area contributed by atoms with E-state index < -0.39 is 0 Å². The van der Waals surface area contributed by atoms with Crippen molar-refractivity contribution in [3.63, 3.8) is 0 Å². The number of hydrogen-bond acceptors (Lipinski definition) is 1. The molecule has 0 saturated heterocycles. The van der Waals surface area contributed by atoms with Crippen LogP contribution < -0.4 is 0 Å². The Labute approximate surface area is 105 Å². The third-order valence-corrected chi connectivity index (χ3v) is 3.23. The highest BCUT2D eigenvalue weighted by Gasteiger charge is 2.15. The van der Waals surface area contributed by atoms with Gasteiger partial charge in [-0.05, 0) is 24.6 Å². The van der Waals surface area contributed by atoms with Gasteiger partial charge in [0.1, 0.15) is 0 Å². The number of Topliss-reactive ketones (excluding diaryl/α,β-unsaturated/α-hetero) is 1. The van der Waals surface area contributed by atoms with Gasteiger partial charge in [0.25, 0.3) is 0 Å². The maximum absolute atomic E-state index is 11.7. The summed E-state index contributed by atoms with van der Waals surface area (Å²) < 4.78 is 0.808. The highest BCUT2D eigenvalue weighted by atomic mass is 79.9. The molecular weight excluding hydrogens is 331 g/mol. The molecule has 0 amide bonds. The molecule has 14 heavy (non-hydrogen) atoms. The lowest BCUT2D eigenvalue weighted by Crippen LogP contribution is -2.10. The molecule has 0 N–H and O–H groups in total. The van der Waals surface area contributed by atoms with Gasteiger partial charge in [0, 0.05) is 15.9 Å². The summed E-state index contributed by atoms with van der Waals surface area (Å²) in [6, 6.07) is 5.56. The van der Waals surface area contributed by atoms with E-state index in [-0.39, 0.29) is 10.6 Å². The van der Waals surface area contributed by atoms with Gasteiger partial charge < -0.3 is 0 Å². The summed E-state index contributed by atoms with van der Waals surface area (Å²) in [7, 11) is 0. The molecule has 76 valence electrons. The summed E-state index contributed by atoms with van der Waals surface area (Å²) in [5, 5.41) is 0. The molecular formula is C10H9Br2ClO. The van der Waals surface area contributed by atoms with E-state index in [0.717, 1.165) is 10.0 Å². The molecule has 0 bridgehead atoms. The summed E-state index contributed by atoms with van der Waals surface area (Å²) in [6.07, 6.45) is 0. The molecule has 1 unspecified atom stereocenters. The molecule has 0 fully saturated rings. The zero-order valence-electron chi connectivity index (χ0n) is 7.56. The second-order valence-corrected chi connectivity index (χ2v) is 5.42. The molecule has 0 aliphatic carbocycles. The van der Waals surface area contributed by atoms with Crippen molar-refractivity contribution in [2.75, 3.05) is 0 Å². The van der Waals surface area contributed by atoms with Gasteiger partial charge in [-0.3, -0.25) is 4.79 Å². The molecule has 0 aliphatic rings. The van der Waals surface area contributed by atoms with Crippen LogP contribution in [0, 0.1) is 0 Å². The molecule has 0 heterocycles. The quantitative estimate of drug-likeness (QED) is 0.597.